The SMILES string of the molecule is CC1(C)c2ccc(-n3c4ccccc4c4cc(-c5ccc6oc7cccc(-c8cccc(C9N=C(c%10ccccc%10)NC(c%10ccccc%10)=N9)c8)c7c6c5)ccc43)cc2C(C)(C)C1(C)C. The van der Waals surface area contributed by atoms with Crippen LogP contribution in [0.2, 0.25) is 0 Å². The summed E-state index contributed by atoms with van der Waals surface area (Å²) in [6.45, 7) is 14.5. The van der Waals surface area contributed by atoms with Gasteiger partial charge in [-0.1, -0.05) is 169 Å². The molecule has 10 aromatic rings. The monoisotopic (exact) mass is 842 g/mol. The number of benzene rings is 8. The minimum absolute atomic E-state index is 0.0156. The Bertz CT molecular complexity index is 3550. The first kappa shape index (κ1) is 39.1. The van der Waals surface area contributed by atoms with Gasteiger partial charge in [0.05, 0.1) is 11.0 Å². The van der Waals surface area contributed by atoms with Crippen LogP contribution in [0.1, 0.15) is 75.5 Å². The quantitative estimate of drug-likeness (QED) is 0.181. The minimum atomic E-state index is -0.428. The zero-order chi connectivity index (χ0) is 44.2. The highest BCUT2D eigenvalue weighted by Gasteiger charge is 2.56. The number of furan rings is 1. The van der Waals surface area contributed by atoms with Crippen LogP contribution in [0.3, 0.4) is 0 Å². The van der Waals surface area contributed by atoms with Crippen LogP contribution in [-0.2, 0) is 10.8 Å². The predicted octanol–water partition coefficient (Wildman–Crippen LogP) is 15.1. The third kappa shape index (κ3) is 5.91. The Kier molecular flexibility index (Phi) is 8.58. The maximum absolute atomic E-state index is 6.57. The molecule has 0 bridgehead atoms. The van der Waals surface area contributed by atoms with E-state index < -0.39 is 6.17 Å². The van der Waals surface area contributed by atoms with E-state index in [1.165, 1.54) is 44.2 Å². The summed E-state index contributed by atoms with van der Waals surface area (Å²) in [6, 6.07) is 65.2. The van der Waals surface area contributed by atoms with Crippen molar-refractivity contribution in [2.45, 2.75) is 58.5 Å². The molecule has 0 fully saturated rings. The third-order valence-corrected chi connectivity index (χ3v) is 15.6. The molecule has 12 rings (SSSR count). The maximum atomic E-state index is 6.57. The zero-order valence-electron chi connectivity index (χ0n) is 37.6. The molecule has 316 valence electrons. The Labute approximate surface area is 379 Å². The molecule has 1 N–H and O–H groups in total. The second kappa shape index (κ2) is 14.3. The Hall–Kier alpha value is -7.50. The molecule has 0 unspecified atom stereocenters. The molecule has 5 nitrogen and oxygen atoms in total. The maximum Gasteiger partial charge on any atom is 0.169 e. The van der Waals surface area contributed by atoms with Crippen LogP contribution in [0.25, 0.3) is 71.7 Å². The van der Waals surface area contributed by atoms with E-state index in [2.05, 4.69) is 197 Å². The van der Waals surface area contributed by atoms with Crippen LogP contribution in [0.5, 0.6) is 0 Å². The molecule has 0 saturated carbocycles. The van der Waals surface area contributed by atoms with Gasteiger partial charge in [-0.3, -0.25) is 0 Å². The number of amidine groups is 2. The molecule has 1 aliphatic carbocycles. The van der Waals surface area contributed by atoms with Crippen molar-refractivity contribution in [3.8, 4) is 27.9 Å². The second-order valence-electron chi connectivity index (χ2n) is 19.5. The standard InChI is InChI=1S/C60H50N4O/c1-58(2)48-30-29-43(36-49(48)59(3,4)60(58,5)6)64-50-25-14-13-23-45(50)46-34-39(27-31-51(46)64)40-28-32-52-47(35-40)54-44(24-16-26-53(54)65-52)41-21-15-22-42(33-41)57-62-55(37-17-9-7-10-18-37)61-56(63-57)38-19-11-8-12-20-38/h7-36,57H,1-6H3,(H,61,62,63). The fraction of sp³-hybridized carbons (Fsp3) is 0.167. The van der Waals surface area contributed by atoms with E-state index in [0.717, 1.165) is 67.0 Å². The number of aromatic nitrogens is 1. The van der Waals surface area contributed by atoms with Gasteiger partial charge in [0.25, 0.3) is 0 Å². The molecule has 0 spiro atoms. The fourth-order valence-electron chi connectivity index (χ4n) is 10.8. The highest BCUT2D eigenvalue weighted by molar-refractivity contribution is 6.16. The first-order chi connectivity index (χ1) is 31.5. The van der Waals surface area contributed by atoms with Crippen LogP contribution in [0.4, 0.5) is 0 Å². The number of nitrogens with one attached hydrogen (secondary N) is 1. The first-order valence-electron chi connectivity index (χ1n) is 22.8. The molecule has 1 aliphatic heterocycles. The van der Waals surface area contributed by atoms with Crippen molar-refractivity contribution < 1.29 is 4.42 Å². The van der Waals surface area contributed by atoms with Gasteiger partial charge in [-0.15, -0.1) is 0 Å². The molecule has 2 aliphatic rings. The number of hydrogen-bond acceptors (Lipinski definition) is 4. The van der Waals surface area contributed by atoms with Crippen molar-refractivity contribution in [2.75, 3.05) is 0 Å². The van der Waals surface area contributed by atoms with E-state index in [9.17, 15) is 0 Å². The van der Waals surface area contributed by atoms with Crippen molar-refractivity contribution in [3.05, 3.63) is 210 Å². The molecule has 3 heterocycles. The second-order valence-corrected chi connectivity index (χ2v) is 19.5. The van der Waals surface area contributed by atoms with Crippen LogP contribution in [-0.4, -0.2) is 16.2 Å². The van der Waals surface area contributed by atoms with Gasteiger partial charge in [0.15, 0.2) is 6.17 Å². The lowest BCUT2D eigenvalue weighted by molar-refractivity contribution is 0.125. The Morgan fingerprint density at radius 2 is 1.08 bits per heavy atom. The van der Waals surface area contributed by atoms with E-state index in [4.69, 9.17) is 14.4 Å². The highest BCUT2D eigenvalue weighted by Crippen LogP contribution is 2.61. The topological polar surface area (TPSA) is 54.8 Å². The van der Waals surface area contributed by atoms with Gasteiger partial charge in [-0.25, -0.2) is 9.98 Å². The van der Waals surface area contributed by atoms with E-state index in [1.54, 1.807) is 0 Å². The Balaban J connectivity index is 0.954. The fourth-order valence-corrected chi connectivity index (χ4v) is 10.8. The summed E-state index contributed by atoms with van der Waals surface area (Å²) in [5.41, 5.74) is 16.0. The lowest BCUT2D eigenvalue weighted by Crippen LogP contribution is -2.42. The lowest BCUT2D eigenvalue weighted by Gasteiger charge is -2.44. The third-order valence-electron chi connectivity index (χ3n) is 15.6. The van der Waals surface area contributed by atoms with Crippen molar-refractivity contribution >= 4 is 55.4 Å². The minimum Gasteiger partial charge on any atom is -0.456 e. The van der Waals surface area contributed by atoms with Crippen molar-refractivity contribution in [2.24, 2.45) is 15.4 Å². The van der Waals surface area contributed by atoms with Gasteiger partial charge >= 0.3 is 0 Å². The van der Waals surface area contributed by atoms with Crippen molar-refractivity contribution in [1.29, 1.82) is 0 Å². The number of aliphatic imine (C=N–C) groups is 2. The summed E-state index contributed by atoms with van der Waals surface area (Å²) in [7, 11) is 0. The van der Waals surface area contributed by atoms with Crippen LogP contribution < -0.4 is 5.32 Å². The number of hydrogen-bond donors (Lipinski definition) is 1. The lowest BCUT2D eigenvalue weighted by atomic mass is 9.59. The molecule has 0 atom stereocenters. The average molecular weight is 843 g/mol. The normalized spacial score (nSPS) is 16.5. The number of para-hydroxylation sites is 1. The van der Waals surface area contributed by atoms with Crippen molar-refractivity contribution in [3.63, 3.8) is 0 Å². The van der Waals surface area contributed by atoms with E-state index in [-0.39, 0.29) is 16.2 Å². The average Bonchev–Trinajstić information content (AvgIpc) is 3.92. The largest absolute Gasteiger partial charge is 0.456 e. The predicted molar refractivity (Wildman–Crippen MR) is 271 cm³/mol. The number of fused-ring (bicyclic) bond motifs is 7. The first-order valence-corrected chi connectivity index (χ1v) is 22.8. The molecule has 0 amide bonds. The highest BCUT2D eigenvalue weighted by atomic mass is 16.3. The molecule has 65 heavy (non-hydrogen) atoms. The van der Waals surface area contributed by atoms with Gasteiger partial charge in [0.2, 0.25) is 0 Å². The summed E-state index contributed by atoms with van der Waals surface area (Å²) in [6.07, 6.45) is -0.428. The van der Waals surface area contributed by atoms with Gasteiger partial charge in [-0.05, 0) is 110 Å². The summed E-state index contributed by atoms with van der Waals surface area (Å²) in [5, 5.41) is 8.19. The molecule has 8 aromatic carbocycles. The van der Waals surface area contributed by atoms with Gasteiger partial charge in [0.1, 0.15) is 22.8 Å². The van der Waals surface area contributed by atoms with Gasteiger partial charge < -0.3 is 14.3 Å². The number of nitrogens with zero attached hydrogens (tertiary/aromatic N) is 3. The van der Waals surface area contributed by atoms with E-state index >= 15 is 0 Å². The van der Waals surface area contributed by atoms with Crippen LogP contribution >= 0.6 is 0 Å². The summed E-state index contributed by atoms with van der Waals surface area (Å²) < 4.78 is 9.03. The van der Waals surface area contributed by atoms with Crippen LogP contribution in [0, 0.1) is 5.41 Å². The zero-order valence-corrected chi connectivity index (χ0v) is 37.6. The van der Waals surface area contributed by atoms with Gasteiger partial charge in [0, 0.05) is 38.4 Å². The summed E-state index contributed by atoms with van der Waals surface area (Å²) in [5.74, 6) is 1.60. The van der Waals surface area contributed by atoms with E-state index in [0.29, 0.717) is 0 Å². The van der Waals surface area contributed by atoms with E-state index in [1.807, 2.05) is 36.4 Å². The molecular formula is C60H50N4O. The Morgan fingerprint density at radius 1 is 0.462 bits per heavy atom. The number of rotatable bonds is 6. The summed E-state index contributed by atoms with van der Waals surface area (Å²) >= 11 is 0. The molecular weight excluding hydrogens is 793 g/mol. The van der Waals surface area contributed by atoms with Crippen molar-refractivity contribution in [1.82, 2.24) is 9.88 Å². The molecule has 2 aromatic heterocycles. The smallest absolute Gasteiger partial charge is 0.169 e. The Morgan fingerprint density at radius 3 is 1.82 bits per heavy atom. The van der Waals surface area contributed by atoms with Gasteiger partial charge in [-0.2, -0.15) is 0 Å². The molecule has 0 radical (unpaired) electrons. The molecule has 0 saturated heterocycles. The summed E-state index contributed by atoms with van der Waals surface area (Å²) in [4.78, 5) is 10.3. The van der Waals surface area contributed by atoms with Crippen LogP contribution in [0.15, 0.2) is 196 Å². The molecule has 5 heteroatoms.